The van der Waals surface area contributed by atoms with E-state index in [1.54, 1.807) is 26.8 Å². The molecule has 7 atom stereocenters. The van der Waals surface area contributed by atoms with Crippen LogP contribution < -0.4 is 14.8 Å². The van der Waals surface area contributed by atoms with Gasteiger partial charge in [0.15, 0.2) is 29.8 Å². The van der Waals surface area contributed by atoms with Crippen LogP contribution in [0.4, 0.5) is 4.79 Å². The van der Waals surface area contributed by atoms with Crippen LogP contribution in [-0.2, 0) is 50.0 Å². The highest BCUT2D eigenvalue weighted by atomic mass is 16.7. The van der Waals surface area contributed by atoms with Crippen LogP contribution in [0.3, 0.4) is 0 Å². The van der Waals surface area contributed by atoms with E-state index in [9.17, 15) is 34.2 Å². The first-order valence-electron chi connectivity index (χ1n) is 15.8. The molecule has 1 aromatic rings. The number of hydrogen-bond acceptors (Lipinski definition) is 13. The summed E-state index contributed by atoms with van der Waals surface area (Å²) in [6.45, 7) is 7.94. The standard InChI is InChI=1S/C33H42N2O13/c1-16(45-30(41)48-31(3,4)5)27(37)34-19(28(38)39)15-23(36)44-17(2)29(40)46-21-10-11-33(42)22-14-18-8-9-20(43-7)25-24(18)32(33,26(21)47-25)12-13-35(22)6/h8-10,16-17,19,22,26,42H,11-15H2,1-7H3,(H,34,37)(H,38,39)/t16-,17-,19-,22-,26-,32-,33+/m0/s1. The predicted molar refractivity (Wildman–Crippen MR) is 164 cm³/mol. The zero-order chi connectivity index (χ0) is 35.3. The molecule has 3 N–H and O–H groups in total. The molecule has 0 unspecified atom stereocenters. The fourth-order valence-electron chi connectivity index (χ4n) is 7.21. The van der Waals surface area contributed by atoms with Crippen LogP contribution in [0.15, 0.2) is 24.0 Å². The number of nitrogens with zero attached hydrogens (tertiary/aromatic N) is 1. The summed E-state index contributed by atoms with van der Waals surface area (Å²) >= 11 is 0. The lowest BCUT2D eigenvalue weighted by Crippen LogP contribution is -2.74. The summed E-state index contributed by atoms with van der Waals surface area (Å²) in [6, 6.07) is 1.84. The van der Waals surface area contributed by atoms with Gasteiger partial charge in [-0.3, -0.25) is 9.59 Å². The van der Waals surface area contributed by atoms with Crippen LogP contribution in [0.2, 0.25) is 0 Å². The largest absolute Gasteiger partial charge is 0.509 e. The fraction of sp³-hybridized carbons (Fsp3) is 0.606. The molecule has 1 aromatic carbocycles. The first-order valence-corrected chi connectivity index (χ1v) is 15.8. The van der Waals surface area contributed by atoms with E-state index >= 15 is 0 Å². The first-order chi connectivity index (χ1) is 22.4. The summed E-state index contributed by atoms with van der Waals surface area (Å²) in [5.74, 6) is -3.45. The molecule has 262 valence electrons. The number of benzene rings is 1. The van der Waals surface area contributed by atoms with Gasteiger partial charge in [0, 0.05) is 18.0 Å². The number of carbonyl (C=O) groups is 5. The number of carbonyl (C=O) groups excluding carboxylic acids is 4. The van der Waals surface area contributed by atoms with Crippen molar-refractivity contribution < 1.29 is 62.6 Å². The van der Waals surface area contributed by atoms with Crippen LogP contribution in [0.25, 0.3) is 0 Å². The van der Waals surface area contributed by atoms with Crippen LogP contribution in [0.1, 0.15) is 65.0 Å². The van der Waals surface area contributed by atoms with E-state index in [-0.39, 0.29) is 18.2 Å². The number of esters is 2. The van der Waals surface area contributed by atoms with Gasteiger partial charge in [-0.1, -0.05) is 6.07 Å². The van der Waals surface area contributed by atoms with Crippen molar-refractivity contribution in [1.82, 2.24) is 10.2 Å². The number of rotatable bonds is 10. The first kappa shape index (κ1) is 35.0. The van der Waals surface area contributed by atoms with Crippen LogP contribution >= 0.6 is 0 Å². The van der Waals surface area contributed by atoms with E-state index in [0.29, 0.717) is 30.9 Å². The number of likely N-dealkylation sites (tertiary alicyclic amines) is 1. The van der Waals surface area contributed by atoms with Crippen molar-refractivity contribution in [3.05, 3.63) is 35.1 Å². The van der Waals surface area contributed by atoms with Gasteiger partial charge in [0.1, 0.15) is 17.4 Å². The van der Waals surface area contributed by atoms with Crippen molar-refractivity contribution >= 4 is 30.0 Å². The monoisotopic (exact) mass is 674 g/mol. The van der Waals surface area contributed by atoms with Crippen LogP contribution in [0.5, 0.6) is 11.5 Å². The van der Waals surface area contributed by atoms with Gasteiger partial charge in [0.05, 0.1) is 24.5 Å². The number of aliphatic carboxylic acids is 1. The second-order valence-corrected chi connectivity index (χ2v) is 13.7. The lowest BCUT2D eigenvalue weighted by Gasteiger charge is -2.61. The van der Waals surface area contributed by atoms with Gasteiger partial charge >= 0.3 is 24.1 Å². The number of piperidine rings is 1. The summed E-state index contributed by atoms with van der Waals surface area (Å²) in [4.78, 5) is 64.3. The van der Waals surface area contributed by atoms with E-state index in [1.807, 2.05) is 19.2 Å². The molecule has 0 saturated carbocycles. The summed E-state index contributed by atoms with van der Waals surface area (Å²) in [6.07, 6.45) is -2.79. The third-order valence-corrected chi connectivity index (χ3v) is 9.43. The maximum Gasteiger partial charge on any atom is 0.509 e. The van der Waals surface area contributed by atoms with E-state index in [0.717, 1.165) is 11.1 Å². The number of methoxy groups -OCH3 is 1. The molecule has 1 fully saturated rings. The van der Waals surface area contributed by atoms with Gasteiger partial charge in [-0.15, -0.1) is 0 Å². The summed E-state index contributed by atoms with van der Waals surface area (Å²) in [5.41, 5.74) is -1.13. The molecule has 48 heavy (non-hydrogen) atoms. The Hall–Kier alpha value is -4.37. The number of aliphatic hydroxyl groups is 1. The minimum atomic E-state index is -1.76. The molecule has 4 aliphatic rings. The molecule has 2 aliphatic carbocycles. The van der Waals surface area contributed by atoms with E-state index in [2.05, 4.69) is 10.2 Å². The lowest BCUT2D eigenvalue weighted by molar-refractivity contribution is -0.175. The molecule has 2 bridgehead atoms. The Kier molecular flexibility index (Phi) is 9.16. The minimum absolute atomic E-state index is 0.164. The van der Waals surface area contributed by atoms with Crippen molar-refractivity contribution in [2.24, 2.45) is 0 Å². The fourth-order valence-corrected chi connectivity index (χ4v) is 7.21. The Labute approximate surface area is 277 Å². The smallest absolute Gasteiger partial charge is 0.493 e. The Morgan fingerprint density at radius 2 is 1.83 bits per heavy atom. The Bertz CT molecular complexity index is 1550. The van der Waals surface area contributed by atoms with E-state index in [1.165, 1.54) is 21.0 Å². The van der Waals surface area contributed by atoms with Gasteiger partial charge in [-0.2, -0.15) is 0 Å². The Balaban J connectivity index is 1.24. The summed E-state index contributed by atoms with van der Waals surface area (Å²) in [5, 5.41) is 24.0. The Morgan fingerprint density at radius 3 is 2.48 bits per heavy atom. The molecule has 1 amide bonds. The van der Waals surface area contributed by atoms with E-state index < -0.39 is 77.4 Å². The second kappa shape index (κ2) is 12.6. The maximum atomic E-state index is 13.2. The normalized spacial score (nSPS) is 27.1. The molecule has 15 heteroatoms. The third-order valence-electron chi connectivity index (χ3n) is 9.43. The molecular formula is C33H42N2O13. The summed E-state index contributed by atoms with van der Waals surface area (Å²) in [7, 11) is 3.50. The zero-order valence-electron chi connectivity index (χ0n) is 28.0. The summed E-state index contributed by atoms with van der Waals surface area (Å²) < 4.78 is 32.9. The molecule has 2 aliphatic heterocycles. The molecular weight excluding hydrogens is 632 g/mol. The number of amides is 1. The van der Waals surface area contributed by atoms with Gasteiger partial charge in [0.25, 0.3) is 5.91 Å². The second-order valence-electron chi connectivity index (χ2n) is 13.7. The average Bonchev–Trinajstić information content (AvgIpc) is 3.34. The number of carboxylic acids is 1. The van der Waals surface area contributed by atoms with E-state index in [4.69, 9.17) is 28.4 Å². The topological polar surface area (TPSA) is 196 Å². The molecule has 1 saturated heterocycles. The molecule has 0 radical (unpaired) electrons. The zero-order valence-corrected chi connectivity index (χ0v) is 28.0. The van der Waals surface area contributed by atoms with Gasteiger partial charge in [-0.05, 0) is 78.8 Å². The average molecular weight is 675 g/mol. The highest BCUT2D eigenvalue weighted by Gasteiger charge is 2.72. The number of nitrogens with one attached hydrogen (secondary N) is 1. The number of hydrogen-bond donors (Lipinski definition) is 3. The number of likely N-dealkylation sites (N-methyl/N-ethyl adjacent to an activating group) is 1. The van der Waals surface area contributed by atoms with Crippen molar-refractivity contribution in [2.75, 3.05) is 20.7 Å². The lowest BCUT2D eigenvalue weighted by atomic mass is 9.50. The quantitative estimate of drug-likeness (QED) is 0.240. The maximum absolute atomic E-state index is 13.2. The van der Waals surface area contributed by atoms with Crippen molar-refractivity contribution in [2.45, 2.75) is 107 Å². The SMILES string of the molecule is COc1ccc2c3c1O[C@H]1C(OC(=O)[C@H](C)OC(=O)C[C@H](NC(=O)[C@H](C)OC(=O)OC(C)(C)C)C(=O)O)=CC[C@@]4(O)[C@H](C2)N(C)CC[C@]314. The molecule has 5 rings (SSSR count). The molecule has 15 nitrogen and oxygen atoms in total. The van der Waals surface area contributed by atoms with Gasteiger partial charge in [-0.25, -0.2) is 14.4 Å². The van der Waals surface area contributed by atoms with Crippen LogP contribution in [0, 0.1) is 0 Å². The number of ether oxygens (including phenoxy) is 6. The van der Waals surface area contributed by atoms with Crippen molar-refractivity contribution in [3.63, 3.8) is 0 Å². The van der Waals surface area contributed by atoms with Crippen molar-refractivity contribution in [1.29, 1.82) is 0 Å². The predicted octanol–water partition coefficient (Wildman–Crippen LogP) is 1.75. The molecule has 2 heterocycles. The highest BCUT2D eigenvalue weighted by molar-refractivity contribution is 5.90. The van der Waals surface area contributed by atoms with Crippen molar-refractivity contribution in [3.8, 4) is 11.5 Å². The molecule has 1 spiro atoms. The Morgan fingerprint density at radius 1 is 1.12 bits per heavy atom. The minimum Gasteiger partial charge on any atom is -0.493 e. The van der Waals surface area contributed by atoms with Crippen LogP contribution in [-0.4, -0.2) is 107 Å². The van der Waals surface area contributed by atoms with Gasteiger partial charge in [0.2, 0.25) is 0 Å². The third kappa shape index (κ3) is 6.04. The number of carboxylic acid groups (broad SMARTS) is 1. The van der Waals surface area contributed by atoms with Gasteiger partial charge < -0.3 is 48.9 Å². The molecule has 0 aromatic heterocycles. The highest BCUT2D eigenvalue weighted by Crippen LogP contribution is 2.65.